The summed E-state index contributed by atoms with van der Waals surface area (Å²) in [6.07, 6.45) is 1.72. The van der Waals surface area contributed by atoms with Gasteiger partial charge in [0.2, 0.25) is 0 Å². The van der Waals surface area contributed by atoms with E-state index in [4.69, 9.17) is 0 Å². The van der Waals surface area contributed by atoms with Gasteiger partial charge in [-0.25, -0.2) is 4.98 Å². The lowest BCUT2D eigenvalue weighted by Crippen LogP contribution is -2.49. The molecule has 0 unspecified atom stereocenters. The number of hydrogen-bond acceptors (Lipinski definition) is 7. The van der Waals surface area contributed by atoms with Gasteiger partial charge in [-0.05, 0) is 42.5 Å². The molecule has 8 nitrogen and oxygen atoms in total. The van der Waals surface area contributed by atoms with E-state index in [2.05, 4.69) is 25.4 Å². The topological polar surface area (TPSA) is 77.5 Å². The third-order valence-corrected chi connectivity index (χ3v) is 5.07. The zero-order valence-electron chi connectivity index (χ0n) is 17.2. The predicted molar refractivity (Wildman–Crippen MR) is 118 cm³/mol. The molecule has 3 heterocycles. The highest BCUT2D eigenvalue weighted by atomic mass is 16.2. The second-order valence-electron chi connectivity index (χ2n) is 7.34. The van der Waals surface area contributed by atoms with Crippen molar-refractivity contribution in [3.63, 3.8) is 0 Å². The Balaban J connectivity index is 1.35. The largest absolute Gasteiger partial charge is 0.378 e. The molecule has 2 aromatic heterocycles. The van der Waals surface area contributed by atoms with Crippen molar-refractivity contribution < 1.29 is 4.79 Å². The lowest BCUT2D eigenvalue weighted by atomic mass is 10.1. The fourth-order valence-corrected chi connectivity index (χ4v) is 3.37. The molecule has 154 valence electrons. The molecule has 1 fully saturated rings. The summed E-state index contributed by atoms with van der Waals surface area (Å²) >= 11 is 0. The SMILES string of the molecule is CN(C)c1cccc(C(=O)N2CCN(c3ccc(Nc4ccccn4)nn3)CC2)c1. The standard InChI is InChI=1S/C22H25N7O/c1-27(2)18-7-5-6-17(16-18)22(30)29-14-12-28(13-15-29)21-10-9-20(25-26-21)24-19-8-3-4-11-23-19/h3-11,16H,12-15H2,1-2H3,(H,23,24,25). The van der Waals surface area contributed by atoms with Gasteiger partial charge in [0.05, 0.1) is 0 Å². The summed E-state index contributed by atoms with van der Waals surface area (Å²) in [6.45, 7) is 2.75. The number of anilines is 4. The van der Waals surface area contributed by atoms with E-state index in [0.717, 1.165) is 36.0 Å². The van der Waals surface area contributed by atoms with Crippen molar-refractivity contribution in [3.05, 3.63) is 66.4 Å². The Morgan fingerprint density at radius 1 is 0.933 bits per heavy atom. The normalized spacial score (nSPS) is 13.8. The number of hydrogen-bond donors (Lipinski definition) is 1. The van der Waals surface area contributed by atoms with Crippen molar-refractivity contribution in [2.45, 2.75) is 0 Å². The molecule has 1 aliphatic rings. The minimum absolute atomic E-state index is 0.0688. The van der Waals surface area contributed by atoms with Crippen LogP contribution in [0, 0.1) is 0 Å². The van der Waals surface area contributed by atoms with Crippen molar-refractivity contribution >= 4 is 29.0 Å². The van der Waals surface area contributed by atoms with Crippen LogP contribution >= 0.6 is 0 Å². The van der Waals surface area contributed by atoms with Gasteiger partial charge in [0.1, 0.15) is 5.82 Å². The number of benzene rings is 1. The first-order valence-corrected chi connectivity index (χ1v) is 9.93. The first kappa shape index (κ1) is 19.6. The maximum atomic E-state index is 12.9. The van der Waals surface area contributed by atoms with E-state index in [1.807, 2.05) is 78.5 Å². The summed E-state index contributed by atoms with van der Waals surface area (Å²) in [5.74, 6) is 2.25. The van der Waals surface area contributed by atoms with Crippen molar-refractivity contribution in [3.8, 4) is 0 Å². The van der Waals surface area contributed by atoms with Gasteiger partial charge in [0, 0.05) is 57.7 Å². The molecule has 0 saturated carbocycles. The fourth-order valence-electron chi connectivity index (χ4n) is 3.37. The third kappa shape index (κ3) is 4.48. The van der Waals surface area contributed by atoms with Crippen LogP contribution in [0.15, 0.2) is 60.8 Å². The van der Waals surface area contributed by atoms with Crippen LogP contribution in [0.5, 0.6) is 0 Å². The van der Waals surface area contributed by atoms with Gasteiger partial charge in [-0.15, -0.1) is 10.2 Å². The van der Waals surface area contributed by atoms with E-state index in [-0.39, 0.29) is 5.91 Å². The van der Waals surface area contributed by atoms with Crippen LogP contribution in [0.25, 0.3) is 0 Å². The molecule has 3 aromatic rings. The Bertz CT molecular complexity index is 984. The monoisotopic (exact) mass is 403 g/mol. The van der Waals surface area contributed by atoms with Crippen molar-refractivity contribution in [1.82, 2.24) is 20.1 Å². The first-order valence-electron chi connectivity index (χ1n) is 9.93. The zero-order chi connectivity index (χ0) is 20.9. The van der Waals surface area contributed by atoms with Gasteiger partial charge in [-0.2, -0.15) is 0 Å². The maximum absolute atomic E-state index is 12.9. The van der Waals surface area contributed by atoms with E-state index in [1.54, 1.807) is 6.20 Å². The van der Waals surface area contributed by atoms with Crippen LogP contribution in [0.4, 0.5) is 23.1 Å². The third-order valence-electron chi connectivity index (χ3n) is 5.07. The minimum atomic E-state index is 0.0688. The summed E-state index contributed by atoms with van der Waals surface area (Å²) in [7, 11) is 3.95. The van der Waals surface area contributed by atoms with Crippen molar-refractivity contribution in [2.24, 2.45) is 0 Å². The number of pyridine rings is 1. The van der Waals surface area contributed by atoms with E-state index in [9.17, 15) is 4.79 Å². The quantitative estimate of drug-likeness (QED) is 0.702. The molecule has 0 spiro atoms. The number of carbonyl (C=O) groups excluding carboxylic acids is 1. The zero-order valence-corrected chi connectivity index (χ0v) is 17.2. The first-order chi connectivity index (χ1) is 14.6. The molecule has 1 N–H and O–H groups in total. The van der Waals surface area contributed by atoms with Gasteiger partial charge in [-0.3, -0.25) is 4.79 Å². The molecule has 1 aliphatic heterocycles. The van der Waals surface area contributed by atoms with Gasteiger partial charge >= 0.3 is 0 Å². The molecular formula is C22H25N7O. The van der Waals surface area contributed by atoms with Gasteiger partial charge < -0.3 is 20.0 Å². The molecule has 4 rings (SSSR count). The summed E-state index contributed by atoms with van der Waals surface area (Å²) < 4.78 is 0. The highest BCUT2D eigenvalue weighted by Crippen LogP contribution is 2.19. The lowest BCUT2D eigenvalue weighted by molar-refractivity contribution is 0.0746. The average molecular weight is 403 g/mol. The Morgan fingerprint density at radius 2 is 1.77 bits per heavy atom. The summed E-state index contributed by atoms with van der Waals surface area (Å²) in [5.41, 5.74) is 1.74. The Labute approximate surface area is 176 Å². The Morgan fingerprint density at radius 3 is 2.43 bits per heavy atom. The minimum Gasteiger partial charge on any atom is -0.378 e. The highest BCUT2D eigenvalue weighted by molar-refractivity contribution is 5.95. The second kappa shape index (κ2) is 8.77. The molecule has 0 aliphatic carbocycles. The highest BCUT2D eigenvalue weighted by Gasteiger charge is 2.23. The number of aromatic nitrogens is 3. The average Bonchev–Trinajstić information content (AvgIpc) is 2.80. The van der Waals surface area contributed by atoms with E-state index < -0.39 is 0 Å². The predicted octanol–water partition coefficient (Wildman–Crippen LogP) is 2.64. The number of amides is 1. The molecule has 0 radical (unpaired) electrons. The molecule has 1 amide bonds. The van der Waals surface area contributed by atoms with Crippen LogP contribution in [0.1, 0.15) is 10.4 Å². The van der Waals surface area contributed by atoms with Gasteiger partial charge in [0.15, 0.2) is 11.6 Å². The fraction of sp³-hybridized carbons (Fsp3) is 0.273. The van der Waals surface area contributed by atoms with E-state index >= 15 is 0 Å². The molecule has 8 heteroatoms. The lowest BCUT2D eigenvalue weighted by Gasteiger charge is -2.35. The van der Waals surface area contributed by atoms with E-state index in [0.29, 0.717) is 18.9 Å². The van der Waals surface area contributed by atoms with E-state index in [1.165, 1.54) is 0 Å². The number of rotatable bonds is 5. The Kier molecular flexibility index (Phi) is 5.74. The smallest absolute Gasteiger partial charge is 0.254 e. The number of nitrogens with zero attached hydrogens (tertiary/aromatic N) is 6. The van der Waals surface area contributed by atoms with Crippen LogP contribution in [0.2, 0.25) is 0 Å². The van der Waals surface area contributed by atoms with Crippen LogP contribution in [0.3, 0.4) is 0 Å². The van der Waals surface area contributed by atoms with Gasteiger partial charge in [0.25, 0.3) is 5.91 Å². The summed E-state index contributed by atoms with van der Waals surface area (Å²) in [6, 6.07) is 17.2. The summed E-state index contributed by atoms with van der Waals surface area (Å²) in [5, 5.41) is 11.7. The van der Waals surface area contributed by atoms with Crippen molar-refractivity contribution in [2.75, 3.05) is 55.4 Å². The number of carbonyl (C=O) groups is 1. The Hall–Kier alpha value is -3.68. The summed E-state index contributed by atoms with van der Waals surface area (Å²) in [4.78, 5) is 23.2. The molecule has 0 bridgehead atoms. The molecule has 30 heavy (non-hydrogen) atoms. The van der Waals surface area contributed by atoms with Gasteiger partial charge in [-0.1, -0.05) is 12.1 Å². The van der Waals surface area contributed by atoms with Crippen molar-refractivity contribution in [1.29, 1.82) is 0 Å². The van der Waals surface area contributed by atoms with Crippen LogP contribution < -0.4 is 15.1 Å². The molecule has 1 aromatic carbocycles. The maximum Gasteiger partial charge on any atom is 0.254 e. The molecular weight excluding hydrogens is 378 g/mol. The number of piperazine rings is 1. The van der Waals surface area contributed by atoms with Crippen LogP contribution in [-0.2, 0) is 0 Å². The second-order valence-corrected chi connectivity index (χ2v) is 7.34. The molecule has 1 saturated heterocycles. The van der Waals surface area contributed by atoms with Crippen LogP contribution in [-0.4, -0.2) is 66.3 Å². The molecule has 0 atom stereocenters. The number of nitrogens with one attached hydrogen (secondary N) is 1.